The summed E-state index contributed by atoms with van der Waals surface area (Å²) in [6, 6.07) is 16.7. The Morgan fingerprint density at radius 1 is 1.12 bits per heavy atom. The molecule has 128 valence electrons. The van der Waals surface area contributed by atoms with Crippen molar-refractivity contribution in [2.24, 2.45) is 0 Å². The molecule has 0 bridgehead atoms. The molecule has 0 unspecified atom stereocenters. The maximum atomic E-state index is 5.95. The Kier molecular flexibility index (Phi) is 4.86. The second-order valence-corrected chi connectivity index (χ2v) is 6.34. The number of ether oxygens (including phenoxy) is 1. The topological polar surface area (TPSA) is 54.0 Å². The molecule has 1 aliphatic heterocycles. The molecule has 25 heavy (non-hydrogen) atoms. The van der Waals surface area contributed by atoms with E-state index >= 15 is 0 Å². The van der Waals surface area contributed by atoms with Gasteiger partial charge in [0.15, 0.2) is 0 Å². The molecule has 1 fully saturated rings. The molecule has 0 spiro atoms. The summed E-state index contributed by atoms with van der Waals surface area (Å²) >= 11 is 0. The average molecular weight is 334 g/mol. The Labute approximate surface area is 147 Å². The third-order valence-electron chi connectivity index (χ3n) is 4.64. The Morgan fingerprint density at radius 2 is 2.04 bits per heavy atom. The summed E-state index contributed by atoms with van der Waals surface area (Å²) in [5.41, 5.74) is 4.39. The minimum Gasteiger partial charge on any atom is -0.369 e. The number of aromatic nitrogens is 3. The second-order valence-electron chi connectivity index (χ2n) is 6.34. The molecular weight excluding hydrogens is 312 g/mol. The molecule has 5 heteroatoms. The van der Waals surface area contributed by atoms with Gasteiger partial charge in [0, 0.05) is 37.6 Å². The fraction of sp³-hybridized carbons (Fsp3) is 0.300. The highest BCUT2D eigenvalue weighted by Crippen LogP contribution is 2.23. The van der Waals surface area contributed by atoms with Gasteiger partial charge in [-0.3, -0.25) is 15.0 Å². The number of nitrogens with one attached hydrogen (secondary N) is 1. The number of pyridine rings is 1. The largest absolute Gasteiger partial charge is 0.369 e. The first-order chi connectivity index (χ1) is 12.4. The number of hydrogen-bond acceptors (Lipinski definition) is 4. The van der Waals surface area contributed by atoms with E-state index in [0.29, 0.717) is 0 Å². The molecule has 0 saturated carbocycles. The number of aromatic amines is 1. The first-order valence-electron chi connectivity index (χ1n) is 8.72. The number of H-pyrrole nitrogens is 1. The first-order valence-corrected chi connectivity index (χ1v) is 8.72. The summed E-state index contributed by atoms with van der Waals surface area (Å²) in [5.74, 6) is 0. The van der Waals surface area contributed by atoms with Crippen molar-refractivity contribution in [2.75, 3.05) is 26.2 Å². The standard InChI is InChI=1S/C20H22N4O/c1-2-4-16(5-3-1)9-11-24-12-13-25-20(15-24)19-7-6-17(14-21-19)18-8-10-22-23-18/h1-8,10,14,20H,9,11-13,15H2,(H,22,23)/t20-/m1/s1. The lowest BCUT2D eigenvalue weighted by Gasteiger charge is -2.32. The van der Waals surface area contributed by atoms with Gasteiger partial charge in [0.05, 0.1) is 18.0 Å². The van der Waals surface area contributed by atoms with Crippen molar-refractivity contribution in [2.45, 2.75) is 12.5 Å². The minimum absolute atomic E-state index is 0.0420. The molecule has 1 aromatic carbocycles. The summed E-state index contributed by atoms with van der Waals surface area (Å²) in [6.07, 6.45) is 4.74. The zero-order valence-electron chi connectivity index (χ0n) is 14.1. The van der Waals surface area contributed by atoms with Crippen molar-refractivity contribution in [3.05, 3.63) is 72.2 Å². The first kappa shape index (κ1) is 16.0. The monoisotopic (exact) mass is 334 g/mol. The molecule has 0 aliphatic carbocycles. The van der Waals surface area contributed by atoms with E-state index in [4.69, 9.17) is 4.74 Å². The highest BCUT2D eigenvalue weighted by atomic mass is 16.5. The maximum Gasteiger partial charge on any atom is 0.112 e. The molecule has 1 saturated heterocycles. The Hall–Kier alpha value is -2.50. The molecule has 0 radical (unpaired) electrons. The second kappa shape index (κ2) is 7.59. The van der Waals surface area contributed by atoms with Crippen LogP contribution in [0.25, 0.3) is 11.3 Å². The van der Waals surface area contributed by atoms with Crippen LogP contribution in [0.2, 0.25) is 0 Å². The average Bonchev–Trinajstić information content (AvgIpc) is 3.22. The van der Waals surface area contributed by atoms with Crippen LogP contribution >= 0.6 is 0 Å². The van der Waals surface area contributed by atoms with Gasteiger partial charge in [-0.2, -0.15) is 5.10 Å². The van der Waals surface area contributed by atoms with Crippen LogP contribution in [0.4, 0.5) is 0 Å². The molecule has 5 nitrogen and oxygen atoms in total. The number of morpholine rings is 1. The van der Waals surface area contributed by atoms with Crippen molar-refractivity contribution in [3.8, 4) is 11.3 Å². The molecule has 1 atom stereocenters. The van der Waals surface area contributed by atoms with Crippen LogP contribution < -0.4 is 0 Å². The molecule has 3 heterocycles. The maximum absolute atomic E-state index is 5.95. The van der Waals surface area contributed by atoms with Crippen molar-refractivity contribution in [1.82, 2.24) is 20.1 Å². The van der Waals surface area contributed by atoms with Gasteiger partial charge in [0.1, 0.15) is 6.10 Å². The van der Waals surface area contributed by atoms with Gasteiger partial charge in [0.25, 0.3) is 0 Å². The van der Waals surface area contributed by atoms with Crippen LogP contribution in [0, 0.1) is 0 Å². The van der Waals surface area contributed by atoms with Gasteiger partial charge >= 0.3 is 0 Å². The van der Waals surface area contributed by atoms with Crippen molar-refractivity contribution < 1.29 is 4.74 Å². The van der Waals surface area contributed by atoms with Crippen molar-refractivity contribution in [1.29, 1.82) is 0 Å². The van der Waals surface area contributed by atoms with E-state index in [-0.39, 0.29) is 6.10 Å². The Bertz CT molecular complexity index is 771. The predicted molar refractivity (Wildman–Crippen MR) is 97.1 cm³/mol. The summed E-state index contributed by atoms with van der Waals surface area (Å²) in [6.45, 7) is 3.68. The van der Waals surface area contributed by atoms with E-state index in [1.54, 1.807) is 6.20 Å². The minimum atomic E-state index is 0.0420. The van der Waals surface area contributed by atoms with Crippen molar-refractivity contribution >= 4 is 0 Å². The lowest BCUT2D eigenvalue weighted by atomic mass is 10.1. The summed E-state index contributed by atoms with van der Waals surface area (Å²) < 4.78 is 5.95. The van der Waals surface area contributed by atoms with E-state index in [1.165, 1.54) is 5.56 Å². The fourth-order valence-corrected chi connectivity index (χ4v) is 3.19. The number of nitrogens with zero attached hydrogens (tertiary/aromatic N) is 3. The SMILES string of the molecule is c1ccc(CCN2CCO[C@@H](c3ccc(-c4ccn[nH]4)cn3)C2)cc1. The quantitative estimate of drug-likeness (QED) is 0.779. The highest BCUT2D eigenvalue weighted by molar-refractivity contribution is 5.57. The molecule has 4 rings (SSSR count). The van der Waals surface area contributed by atoms with Gasteiger partial charge in [-0.1, -0.05) is 30.3 Å². The van der Waals surface area contributed by atoms with Gasteiger partial charge in [-0.05, 0) is 30.2 Å². The number of rotatable bonds is 5. The number of benzene rings is 1. The van der Waals surface area contributed by atoms with Gasteiger partial charge in [-0.15, -0.1) is 0 Å². The molecular formula is C20H22N4O. The molecule has 3 aromatic rings. The van der Waals surface area contributed by atoms with E-state index < -0.39 is 0 Å². The molecule has 1 N–H and O–H groups in total. The molecule has 0 amide bonds. The summed E-state index contributed by atoms with van der Waals surface area (Å²) in [5, 5.41) is 6.94. The van der Waals surface area contributed by atoms with E-state index in [0.717, 1.165) is 49.6 Å². The van der Waals surface area contributed by atoms with E-state index in [9.17, 15) is 0 Å². The van der Waals surface area contributed by atoms with Crippen LogP contribution in [0.15, 0.2) is 60.9 Å². The van der Waals surface area contributed by atoms with Gasteiger partial charge < -0.3 is 4.74 Å². The summed E-state index contributed by atoms with van der Waals surface area (Å²) in [4.78, 5) is 7.08. The molecule has 2 aromatic heterocycles. The van der Waals surface area contributed by atoms with Gasteiger partial charge in [-0.25, -0.2) is 0 Å². The van der Waals surface area contributed by atoms with Crippen LogP contribution in [-0.4, -0.2) is 46.3 Å². The zero-order chi connectivity index (χ0) is 16.9. The zero-order valence-corrected chi connectivity index (χ0v) is 14.1. The van der Waals surface area contributed by atoms with Crippen molar-refractivity contribution in [3.63, 3.8) is 0 Å². The fourth-order valence-electron chi connectivity index (χ4n) is 3.19. The third-order valence-corrected chi connectivity index (χ3v) is 4.64. The lowest BCUT2D eigenvalue weighted by molar-refractivity contribution is -0.0316. The number of hydrogen-bond donors (Lipinski definition) is 1. The highest BCUT2D eigenvalue weighted by Gasteiger charge is 2.22. The predicted octanol–water partition coefficient (Wildman–Crippen LogP) is 3.09. The van der Waals surface area contributed by atoms with E-state index in [1.807, 2.05) is 12.3 Å². The smallest absolute Gasteiger partial charge is 0.112 e. The van der Waals surface area contributed by atoms with Crippen LogP contribution in [0.5, 0.6) is 0 Å². The normalized spacial score (nSPS) is 18.3. The molecule has 1 aliphatic rings. The third kappa shape index (κ3) is 3.95. The van der Waals surface area contributed by atoms with E-state index in [2.05, 4.69) is 62.5 Å². The van der Waals surface area contributed by atoms with Crippen LogP contribution in [-0.2, 0) is 11.2 Å². The van der Waals surface area contributed by atoms with Crippen LogP contribution in [0.3, 0.4) is 0 Å². The Morgan fingerprint density at radius 3 is 2.80 bits per heavy atom. The lowest BCUT2D eigenvalue weighted by Crippen LogP contribution is -2.39. The summed E-state index contributed by atoms with van der Waals surface area (Å²) in [7, 11) is 0. The van der Waals surface area contributed by atoms with Crippen LogP contribution in [0.1, 0.15) is 17.4 Å². The van der Waals surface area contributed by atoms with Gasteiger partial charge in [0.2, 0.25) is 0 Å². The Balaban J connectivity index is 1.37.